The third-order valence-corrected chi connectivity index (χ3v) is 4.78. The molecule has 1 unspecified atom stereocenters. The largest absolute Gasteiger partial charge is 0.470 e. The lowest BCUT2D eigenvalue weighted by molar-refractivity contribution is -0.125. The molecule has 0 bridgehead atoms. The molecule has 27 heavy (non-hydrogen) atoms. The van der Waals surface area contributed by atoms with Crippen molar-refractivity contribution in [2.75, 3.05) is 12.9 Å². The van der Waals surface area contributed by atoms with Gasteiger partial charge in [0, 0.05) is 16.1 Å². The summed E-state index contributed by atoms with van der Waals surface area (Å²) in [7, 11) is 0. The number of hydrogen-bond donors (Lipinski definition) is 1. The lowest BCUT2D eigenvalue weighted by atomic mass is 10.1. The second kappa shape index (κ2) is 9.41. The third-order valence-electron chi connectivity index (χ3n) is 3.61. The van der Waals surface area contributed by atoms with Gasteiger partial charge in [-0.3, -0.25) is 9.78 Å². The number of nitrogens with one attached hydrogen (secondary N) is 1. The first-order chi connectivity index (χ1) is 12.8. The maximum atomic E-state index is 12.7. The normalized spacial score (nSPS) is 13.0. The van der Waals surface area contributed by atoms with Crippen molar-refractivity contribution in [2.45, 2.75) is 38.7 Å². The topological polar surface area (TPSA) is 72.8 Å². The highest BCUT2D eigenvalue weighted by atomic mass is 79.9. The number of halogens is 1. The Kier molecular flexibility index (Phi) is 7.49. The Labute approximate surface area is 172 Å². The highest BCUT2D eigenvalue weighted by molar-refractivity contribution is 9.10. The molecule has 0 saturated heterocycles. The number of thioether (sulfide) groups is 1. The number of carbonyl (C=O) groups excluding carboxylic acids is 1. The van der Waals surface area contributed by atoms with Crippen LogP contribution in [0.3, 0.4) is 0 Å². The van der Waals surface area contributed by atoms with E-state index in [4.69, 9.17) is 9.57 Å². The predicted octanol–water partition coefficient (Wildman–Crippen LogP) is 4.29. The molecule has 0 radical (unpaired) electrons. The number of pyridine rings is 1. The van der Waals surface area contributed by atoms with Crippen LogP contribution in [0.4, 0.5) is 0 Å². The monoisotopic (exact) mass is 453 g/mol. The summed E-state index contributed by atoms with van der Waals surface area (Å²) in [6.07, 6.45) is 5.16. The van der Waals surface area contributed by atoms with Gasteiger partial charge >= 0.3 is 0 Å². The molecule has 0 saturated carbocycles. The molecule has 1 atom stereocenters. The number of rotatable bonds is 8. The first-order valence-corrected chi connectivity index (χ1v) is 10.6. The van der Waals surface area contributed by atoms with Crippen LogP contribution in [0.1, 0.15) is 26.3 Å². The maximum Gasteiger partial charge on any atom is 0.272 e. The smallest absolute Gasteiger partial charge is 0.272 e. The molecule has 146 valence electrons. The molecule has 1 aromatic carbocycles. The first kappa shape index (κ1) is 21.5. The number of fused-ring (bicyclic) bond motifs is 1. The van der Waals surface area contributed by atoms with Crippen molar-refractivity contribution in [1.82, 2.24) is 10.3 Å². The van der Waals surface area contributed by atoms with Crippen LogP contribution in [0.25, 0.3) is 10.9 Å². The average Bonchev–Trinajstić information content (AvgIpc) is 2.58. The fraction of sp³-hybridized carbons (Fsp3) is 0.421. The summed E-state index contributed by atoms with van der Waals surface area (Å²) < 4.78 is 6.85. The number of nitrogens with zero attached hydrogens (tertiary/aromatic N) is 2. The minimum absolute atomic E-state index is 0.236. The zero-order valence-electron chi connectivity index (χ0n) is 16.1. The van der Waals surface area contributed by atoms with Crippen LogP contribution in [-0.4, -0.2) is 40.9 Å². The van der Waals surface area contributed by atoms with Crippen molar-refractivity contribution >= 4 is 50.7 Å². The van der Waals surface area contributed by atoms with E-state index in [2.05, 4.69) is 31.4 Å². The molecule has 2 aromatic rings. The summed E-state index contributed by atoms with van der Waals surface area (Å²) >= 11 is 4.76. The van der Waals surface area contributed by atoms with E-state index in [1.807, 2.05) is 52.1 Å². The van der Waals surface area contributed by atoms with Gasteiger partial charge in [-0.15, -0.1) is 11.8 Å². The number of aryl methyl sites for hydroxylation is 1. The van der Waals surface area contributed by atoms with E-state index in [1.165, 1.54) is 11.8 Å². The minimum Gasteiger partial charge on any atom is -0.470 e. The van der Waals surface area contributed by atoms with E-state index in [0.717, 1.165) is 20.9 Å². The molecule has 1 amide bonds. The Morgan fingerprint density at radius 1 is 1.44 bits per heavy atom. The maximum absolute atomic E-state index is 12.7. The molecule has 0 spiro atoms. The summed E-state index contributed by atoms with van der Waals surface area (Å²) in [6, 6.07) is 5.75. The van der Waals surface area contributed by atoms with Crippen LogP contribution < -0.4 is 10.1 Å². The first-order valence-electron chi connectivity index (χ1n) is 8.49. The number of oxime groups is 1. The Morgan fingerprint density at radius 2 is 2.19 bits per heavy atom. The van der Waals surface area contributed by atoms with Gasteiger partial charge in [0.2, 0.25) is 5.44 Å². The van der Waals surface area contributed by atoms with Gasteiger partial charge in [0.1, 0.15) is 12.4 Å². The second-order valence-corrected chi connectivity index (χ2v) is 8.33. The van der Waals surface area contributed by atoms with Gasteiger partial charge in [-0.05, 0) is 73.6 Å². The highest BCUT2D eigenvalue weighted by Gasteiger charge is 2.26. The van der Waals surface area contributed by atoms with Crippen LogP contribution in [0.2, 0.25) is 0 Å². The number of carbonyl (C=O) groups is 1. The van der Waals surface area contributed by atoms with Crippen molar-refractivity contribution < 1.29 is 14.4 Å². The Hall–Kier alpha value is -1.80. The van der Waals surface area contributed by atoms with Crippen LogP contribution in [0.15, 0.2) is 34.0 Å². The molecule has 8 heteroatoms. The number of ether oxygens (including phenoxy) is 1. The van der Waals surface area contributed by atoms with Crippen LogP contribution >= 0.6 is 27.7 Å². The van der Waals surface area contributed by atoms with E-state index < -0.39 is 11.0 Å². The predicted molar refractivity (Wildman–Crippen MR) is 114 cm³/mol. The fourth-order valence-electron chi connectivity index (χ4n) is 2.42. The van der Waals surface area contributed by atoms with Gasteiger partial charge in [-0.25, -0.2) is 0 Å². The molecule has 1 N–H and O–H groups in total. The third kappa shape index (κ3) is 6.10. The summed E-state index contributed by atoms with van der Waals surface area (Å²) in [4.78, 5) is 22.0. The number of benzene rings is 1. The average molecular weight is 454 g/mol. The molecular weight excluding hydrogens is 430 g/mol. The molecule has 0 fully saturated rings. The van der Waals surface area contributed by atoms with Gasteiger partial charge in [-0.1, -0.05) is 5.16 Å². The van der Waals surface area contributed by atoms with Crippen molar-refractivity contribution in [3.05, 3.63) is 34.4 Å². The second-order valence-electron chi connectivity index (χ2n) is 6.51. The molecule has 1 aromatic heterocycles. The Balaban J connectivity index is 2.16. The van der Waals surface area contributed by atoms with Gasteiger partial charge in [0.15, 0.2) is 0 Å². The minimum atomic E-state index is -0.693. The molecule has 1 heterocycles. The molecule has 0 aliphatic carbocycles. The van der Waals surface area contributed by atoms with Crippen molar-refractivity contribution in [3.8, 4) is 5.75 Å². The van der Waals surface area contributed by atoms with Crippen molar-refractivity contribution in [1.29, 1.82) is 0 Å². The van der Waals surface area contributed by atoms with Crippen LogP contribution in [0.5, 0.6) is 5.75 Å². The van der Waals surface area contributed by atoms with Gasteiger partial charge < -0.3 is 14.9 Å². The molecule has 2 rings (SSSR count). The quantitative estimate of drug-likeness (QED) is 0.366. The molecule has 0 aliphatic rings. The van der Waals surface area contributed by atoms with E-state index >= 15 is 0 Å². The van der Waals surface area contributed by atoms with E-state index in [9.17, 15) is 4.79 Å². The lowest BCUT2D eigenvalue weighted by Crippen LogP contribution is -2.49. The van der Waals surface area contributed by atoms with E-state index in [1.54, 1.807) is 12.4 Å². The van der Waals surface area contributed by atoms with Gasteiger partial charge in [0.05, 0.1) is 17.3 Å². The SMILES string of the molecule is CCON=CC(C)(C)NC(=O)C(Oc1cc(C)c2ncc(Br)cc2c1)SC. The molecular formula is C19H24BrN3O3S. The fourth-order valence-corrected chi connectivity index (χ4v) is 3.25. The Bertz CT molecular complexity index is 842. The number of aromatic nitrogens is 1. The summed E-state index contributed by atoms with van der Waals surface area (Å²) in [5, 5.41) is 7.70. The standard InChI is InChI=1S/C19H24BrN3O3S/c1-6-25-22-11-19(3,4)23-17(24)18(27-5)26-15-7-12(2)16-13(9-15)8-14(20)10-21-16/h7-11,18H,6H2,1-5H3,(H,23,24). The molecule has 6 nitrogen and oxygen atoms in total. The Morgan fingerprint density at radius 3 is 2.85 bits per heavy atom. The van der Waals surface area contributed by atoms with Crippen molar-refractivity contribution in [2.24, 2.45) is 5.16 Å². The lowest BCUT2D eigenvalue weighted by Gasteiger charge is -2.24. The highest BCUT2D eigenvalue weighted by Crippen LogP contribution is 2.27. The van der Waals surface area contributed by atoms with Gasteiger partial charge in [-0.2, -0.15) is 0 Å². The summed E-state index contributed by atoms with van der Waals surface area (Å²) in [6.45, 7) is 7.98. The van der Waals surface area contributed by atoms with E-state index in [0.29, 0.717) is 12.4 Å². The van der Waals surface area contributed by atoms with Crippen molar-refractivity contribution in [3.63, 3.8) is 0 Å². The van der Waals surface area contributed by atoms with Crippen LogP contribution in [-0.2, 0) is 9.63 Å². The van der Waals surface area contributed by atoms with Gasteiger partial charge in [0.25, 0.3) is 5.91 Å². The molecule has 0 aliphatic heterocycles. The zero-order chi connectivity index (χ0) is 20.0. The number of amides is 1. The number of hydrogen-bond acceptors (Lipinski definition) is 6. The zero-order valence-corrected chi connectivity index (χ0v) is 18.5. The summed E-state index contributed by atoms with van der Waals surface area (Å²) in [5.41, 5.74) is 0.544. The van der Waals surface area contributed by atoms with E-state index in [-0.39, 0.29) is 5.91 Å². The summed E-state index contributed by atoms with van der Waals surface area (Å²) in [5.74, 6) is 0.385. The van der Waals surface area contributed by atoms with Crippen LogP contribution in [0, 0.1) is 6.92 Å².